The first-order valence-electron chi connectivity index (χ1n) is 10.3. The van der Waals surface area contributed by atoms with Gasteiger partial charge in [-0.15, -0.1) is 0 Å². The lowest BCUT2D eigenvalue weighted by Gasteiger charge is -2.31. The second kappa shape index (κ2) is 12.5. The number of amides is 2. The molecule has 0 heterocycles. The SMILES string of the molecule is CNC(=O)C(Cc1ccccc1)N(Cc1ccc(Cl)c(Cl)c1)C(=O)COc1ccc(Br)cc1Cl. The largest absolute Gasteiger partial charge is 0.482 e. The van der Waals surface area contributed by atoms with E-state index in [0.29, 0.717) is 27.2 Å². The van der Waals surface area contributed by atoms with Crippen LogP contribution in [0.1, 0.15) is 11.1 Å². The normalized spacial score (nSPS) is 11.6. The molecule has 0 bridgehead atoms. The number of likely N-dealkylation sites (N-methyl/N-ethyl adjacent to an activating group) is 1. The van der Waals surface area contributed by atoms with Gasteiger partial charge in [0.25, 0.3) is 5.91 Å². The maximum atomic E-state index is 13.4. The van der Waals surface area contributed by atoms with Gasteiger partial charge >= 0.3 is 0 Å². The Bertz CT molecular complexity index is 1160. The number of benzene rings is 3. The van der Waals surface area contributed by atoms with Crippen molar-refractivity contribution in [3.05, 3.63) is 97.4 Å². The average molecular weight is 585 g/mol. The third-order valence-electron chi connectivity index (χ3n) is 5.10. The van der Waals surface area contributed by atoms with E-state index in [4.69, 9.17) is 39.5 Å². The van der Waals surface area contributed by atoms with Gasteiger partial charge in [-0.05, 0) is 41.5 Å². The molecule has 1 unspecified atom stereocenters. The summed E-state index contributed by atoms with van der Waals surface area (Å²) in [6.07, 6.45) is 0.326. The molecule has 3 rings (SSSR count). The van der Waals surface area contributed by atoms with E-state index < -0.39 is 6.04 Å². The zero-order chi connectivity index (χ0) is 24.7. The number of carbonyl (C=O) groups is 2. The van der Waals surface area contributed by atoms with Crippen molar-refractivity contribution in [1.29, 1.82) is 0 Å². The molecule has 0 spiro atoms. The van der Waals surface area contributed by atoms with E-state index >= 15 is 0 Å². The molecule has 1 N–H and O–H groups in total. The van der Waals surface area contributed by atoms with Gasteiger partial charge in [0.2, 0.25) is 5.91 Å². The van der Waals surface area contributed by atoms with Crippen LogP contribution in [-0.4, -0.2) is 36.4 Å². The van der Waals surface area contributed by atoms with Gasteiger partial charge in [-0.1, -0.05) is 87.1 Å². The molecule has 0 radical (unpaired) electrons. The predicted molar refractivity (Wildman–Crippen MR) is 140 cm³/mol. The van der Waals surface area contributed by atoms with Crippen molar-refractivity contribution in [3.63, 3.8) is 0 Å². The fraction of sp³-hybridized carbons (Fsp3) is 0.200. The summed E-state index contributed by atoms with van der Waals surface area (Å²) >= 11 is 21.8. The predicted octanol–water partition coefficient (Wildman–Crippen LogP) is 6.17. The molecule has 0 saturated heterocycles. The van der Waals surface area contributed by atoms with Crippen LogP contribution in [0.2, 0.25) is 15.1 Å². The fourth-order valence-corrected chi connectivity index (χ4v) is 4.42. The topological polar surface area (TPSA) is 58.6 Å². The van der Waals surface area contributed by atoms with Gasteiger partial charge in [0.15, 0.2) is 6.61 Å². The molecule has 0 aliphatic carbocycles. The highest BCUT2D eigenvalue weighted by Crippen LogP contribution is 2.28. The van der Waals surface area contributed by atoms with Gasteiger partial charge in [-0.25, -0.2) is 0 Å². The van der Waals surface area contributed by atoms with Crippen molar-refractivity contribution < 1.29 is 14.3 Å². The van der Waals surface area contributed by atoms with Crippen molar-refractivity contribution in [2.24, 2.45) is 0 Å². The summed E-state index contributed by atoms with van der Waals surface area (Å²) in [5.41, 5.74) is 1.64. The summed E-state index contributed by atoms with van der Waals surface area (Å²) in [5, 5.41) is 3.81. The molecule has 34 heavy (non-hydrogen) atoms. The van der Waals surface area contributed by atoms with Crippen LogP contribution in [0.4, 0.5) is 0 Å². The zero-order valence-electron chi connectivity index (χ0n) is 18.2. The first-order valence-corrected chi connectivity index (χ1v) is 12.3. The number of nitrogens with zero attached hydrogens (tertiary/aromatic N) is 1. The van der Waals surface area contributed by atoms with Crippen LogP contribution in [-0.2, 0) is 22.6 Å². The minimum atomic E-state index is -0.779. The second-order valence-corrected chi connectivity index (χ2v) is 9.59. The Labute approximate surface area is 222 Å². The van der Waals surface area contributed by atoms with E-state index in [-0.39, 0.29) is 25.0 Å². The van der Waals surface area contributed by atoms with Crippen molar-refractivity contribution >= 4 is 62.5 Å². The van der Waals surface area contributed by atoms with Crippen LogP contribution < -0.4 is 10.1 Å². The molecule has 1 atom stereocenters. The number of ether oxygens (including phenoxy) is 1. The minimum absolute atomic E-state index is 0.137. The van der Waals surface area contributed by atoms with E-state index in [2.05, 4.69) is 21.2 Å². The Morgan fingerprint density at radius 1 is 0.941 bits per heavy atom. The van der Waals surface area contributed by atoms with Crippen LogP contribution in [0.15, 0.2) is 71.2 Å². The highest BCUT2D eigenvalue weighted by atomic mass is 79.9. The van der Waals surface area contributed by atoms with Crippen molar-refractivity contribution in [2.45, 2.75) is 19.0 Å². The number of halogens is 4. The Kier molecular flexibility index (Phi) is 9.65. The maximum absolute atomic E-state index is 13.4. The summed E-state index contributed by atoms with van der Waals surface area (Å²) in [5.74, 6) is -0.305. The molecule has 2 amide bonds. The van der Waals surface area contributed by atoms with E-state index in [1.807, 2.05) is 30.3 Å². The minimum Gasteiger partial charge on any atom is -0.482 e. The lowest BCUT2D eigenvalue weighted by Crippen LogP contribution is -2.51. The summed E-state index contributed by atoms with van der Waals surface area (Å²) < 4.78 is 6.50. The van der Waals surface area contributed by atoms with Crippen LogP contribution in [0.3, 0.4) is 0 Å². The van der Waals surface area contributed by atoms with Crippen molar-refractivity contribution in [2.75, 3.05) is 13.7 Å². The molecule has 178 valence electrons. The molecule has 9 heteroatoms. The maximum Gasteiger partial charge on any atom is 0.261 e. The smallest absolute Gasteiger partial charge is 0.261 e. The summed E-state index contributed by atoms with van der Waals surface area (Å²) in [6, 6.07) is 18.9. The molecule has 3 aromatic carbocycles. The van der Waals surface area contributed by atoms with Gasteiger partial charge in [-0.3, -0.25) is 9.59 Å². The number of hydrogen-bond acceptors (Lipinski definition) is 3. The van der Waals surface area contributed by atoms with E-state index in [0.717, 1.165) is 15.6 Å². The Morgan fingerprint density at radius 2 is 1.68 bits per heavy atom. The molecule has 0 aromatic heterocycles. The Balaban J connectivity index is 1.90. The molecule has 0 fully saturated rings. The van der Waals surface area contributed by atoms with E-state index in [1.165, 1.54) is 4.90 Å². The second-order valence-electron chi connectivity index (χ2n) is 7.45. The highest BCUT2D eigenvalue weighted by Gasteiger charge is 2.30. The van der Waals surface area contributed by atoms with Gasteiger partial charge in [0.1, 0.15) is 11.8 Å². The quantitative estimate of drug-likeness (QED) is 0.327. The van der Waals surface area contributed by atoms with Crippen molar-refractivity contribution in [3.8, 4) is 5.75 Å². The monoisotopic (exact) mass is 582 g/mol. The summed E-state index contributed by atoms with van der Waals surface area (Å²) in [6.45, 7) is -0.164. The van der Waals surface area contributed by atoms with Crippen LogP contribution in [0.5, 0.6) is 5.75 Å². The zero-order valence-corrected chi connectivity index (χ0v) is 22.1. The van der Waals surface area contributed by atoms with Crippen LogP contribution >= 0.6 is 50.7 Å². The van der Waals surface area contributed by atoms with E-state index in [9.17, 15) is 9.59 Å². The average Bonchev–Trinajstić information content (AvgIpc) is 2.83. The van der Waals surface area contributed by atoms with Crippen molar-refractivity contribution in [1.82, 2.24) is 10.2 Å². The van der Waals surface area contributed by atoms with E-state index in [1.54, 1.807) is 43.4 Å². The standard InChI is InChI=1S/C25H22BrCl3N2O3/c1-30-25(33)22(12-16-5-3-2-4-6-16)31(14-17-7-9-19(27)20(28)11-17)24(32)15-34-23-10-8-18(26)13-21(23)29/h2-11,13,22H,12,14-15H2,1H3,(H,30,33). The van der Waals surface area contributed by atoms with Gasteiger partial charge in [0, 0.05) is 24.5 Å². The first kappa shape index (κ1) is 26.4. The number of hydrogen-bond donors (Lipinski definition) is 1. The summed E-state index contributed by atoms with van der Waals surface area (Å²) in [4.78, 5) is 27.8. The lowest BCUT2D eigenvalue weighted by atomic mass is 10.0. The van der Waals surface area contributed by atoms with Crippen LogP contribution in [0.25, 0.3) is 0 Å². The molecular weight excluding hydrogens is 563 g/mol. The Morgan fingerprint density at radius 3 is 2.32 bits per heavy atom. The highest BCUT2D eigenvalue weighted by molar-refractivity contribution is 9.10. The molecule has 0 aliphatic heterocycles. The number of nitrogens with one attached hydrogen (secondary N) is 1. The molecule has 5 nitrogen and oxygen atoms in total. The third-order valence-corrected chi connectivity index (χ3v) is 6.63. The molecule has 0 aliphatic rings. The van der Waals surface area contributed by atoms with Crippen LogP contribution in [0, 0.1) is 0 Å². The lowest BCUT2D eigenvalue weighted by molar-refractivity contribution is -0.142. The molecule has 0 saturated carbocycles. The summed E-state index contributed by atoms with van der Waals surface area (Å²) in [7, 11) is 1.54. The third kappa shape index (κ3) is 7.12. The van der Waals surface area contributed by atoms with Gasteiger partial charge in [-0.2, -0.15) is 0 Å². The number of carbonyl (C=O) groups excluding carboxylic acids is 2. The molecular formula is C25H22BrCl3N2O3. The number of rotatable bonds is 9. The Hall–Kier alpha value is -2.25. The van der Waals surface area contributed by atoms with Gasteiger partial charge < -0.3 is 15.0 Å². The first-order chi connectivity index (χ1) is 16.3. The fourth-order valence-electron chi connectivity index (χ4n) is 3.37. The molecule has 3 aromatic rings. The van der Waals surface area contributed by atoms with Gasteiger partial charge in [0.05, 0.1) is 15.1 Å².